The summed E-state index contributed by atoms with van der Waals surface area (Å²) in [5.41, 5.74) is 3.28. The first kappa shape index (κ1) is 21.5. The minimum absolute atomic E-state index is 0.00845. The van der Waals surface area contributed by atoms with Gasteiger partial charge in [0, 0.05) is 45.5 Å². The number of nitrogens with zero attached hydrogens (tertiary/aromatic N) is 4. The summed E-state index contributed by atoms with van der Waals surface area (Å²) in [6.45, 7) is 3.45. The summed E-state index contributed by atoms with van der Waals surface area (Å²) in [6.07, 6.45) is 5.16. The molecule has 4 amide bonds. The van der Waals surface area contributed by atoms with Gasteiger partial charge in [0.2, 0.25) is 11.8 Å². The van der Waals surface area contributed by atoms with Crippen LogP contribution in [-0.4, -0.2) is 57.7 Å². The van der Waals surface area contributed by atoms with Gasteiger partial charge in [-0.15, -0.1) is 0 Å². The maximum atomic E-state index is 13.0. The third kappa shape index (κ3) is 5.43. The normalized spacial score (nSPS) is 13.8. The molecule has 0 saturated carbocycles. The van der Waals surface area contributed by atoms with E-state index in [-0.39, 0.29) is 37.4 Å². The van der Waals surface area contributed by atoms with Gasteiger partial charge in [0.25, 0.3) is 0 Å². The topological polar surface area (TPSA) is 73.8 Å². The summed E-state index contributed by atoms with van der Waals surface area (Å²) in [4.78, 5) is 45.4. The number of likely N-dealkylation sites (N-methyl/N-ethyl adjacent to an activating group) is 1. The van der Waals surface area contributed by atoms with Gasteiger partial charge in [-0.3, -0.25) is 19.5 Å². The number of imide groups is 1. The van der Waals surface area contributed by atoms with E-state index < -0.39 is 0 Å². The third-order valence-electron chi connectivity index (χ3n) is 5.26. The molecule has 0 bridgehead atoms. The second-order valence-corrected chi connectivity index (χ2v) is 7.57. The predicted molar refractivity (Wildman–Crippen MR) is 113 cm³/mol. The number of aromatic nitrogens is 1. The highest BCUT2D eigenvalue weighted by Gasteiger charge is 2.33. The molecule has 0 radical (unpaired) electrons. The molecule has 1 aromatic heterocycles. The van der Waals surface area contributed by atoms with Crippen LogP contribution in [0.1, 0.15) is 36.5 Å². The zero-order valence-corrected chi connectivity index (χ0v) is 17.6. The van der Waals surface area contributed by atoms with Gasteiger partial charge in [-0.1, -0.05) is 37.3 Å². The van der Waals surface area contributed by atoms with Crippen molar-refractivity contribution in [3.63, 3.8) is 0 Å². The van der Waals surface area contributed by atoms with Gasteiger partial charge in [0.05, 0.1) is 0 Å². The number of urea groups is 1. The molecule has 0 N–H and O–H groups in total. The number of hydrogen-bond donors (Lipinski definition) is 0. The molecule has 158 valence electrons. The van der Waals surface area contributed by atoms with Crippen LogP contribution in [0.4, 0.5) is 4.79 Å². The number of carbonyl (C=O) groups excluding carboxylic acids is 3. The molecule has 30 heavy (non-hydrogen) atoms. The predicted octanol–water partition coefficient (Wildman–Crippen LogP) is 2.85. The van der Waals surface area contributed by atoms with E-state index in [2.05, 4.69) is 36.2 Å². The largest absolute Gasteiger partial charge is 0.334 e. The zero-order chi connectivity index (χ0) is 21.5. The van der Waals surface area contributed by atoms with Crippen molar-refractivity contribution < 1.29 is 14.4 Å². The van der Waals surface area contributed by atoms with Crippen molar-refractivity contribution in [1.82, 2.24) is 19.7 Å². The Morgan fingerprint density at radius 3 is 2.37 bits per heavy atom. The first-order valence-electron chi connectivity index (χ1n) is 10.3. The minimum atomic E-state index is -0.296. The lowest BCUT2D eigenvalue weighted by molar-refractivity contribution is -0.133. The first-order valence-corrected chi connectivity index (χ1v) is 10.3. The molecule has 2 aromatic rings. The Morgan fingerprint density at radius 1 is 1.07 bits per heavy atom. The molecule has 7 heteroatoms. The van der Waals surface area contributed by atoms with Crippen molar-refractivity contribution in [2.45, 2.75) is 39.3 Å². The fourth-order valence-electron chi connectivity index (χ4n) is 3.48. The summed E-state index contributed by atoms with van der Waals surface area (Å²) in [5.74, 6) is -0.218. The van der Waals surface area contributed by atoms with E-state index in [1.807, 2.05) is 12.1 Å². The van der Waals surface area contributed by atoms with Crippen molar-refractivity contribution in [3.8, 4) is 0 Å². The average Bonchev–Trinajstić information content (AvgIpc) is 3.00. The molecular formula is C23H28N4O3. The number of pyridine rings is 1. The SMILES string of the molecule is CCc1ccc(CN(Cc2cccnc2)C(=O)CCCN2C(=O)CN(C)C2=O)cc1. The van der Waals surface area contributed by atoms with E-state index in [1.54, 1.807) is 24.3 Å². The van der Waals surface area contributed by atoms with E-state index in [0.717, 1.165) is 17.5 Å². The summed E-state index contributed by atoms with van der Waals surface area (Å²) in [6, 6.07) is 11.8. The summed E-state index contributed by atoms with van der Waals surface area (Å²) < 4.78 is 0. The van der Waals surface area contributed by atoms with E-state index in [9.17, 15) is 14.4 Å². The number of amides is 4. The van der Waals surface area contributed by atoms with Crippen LogP contribution >= 0.6 is 0 Å². The third-order valence-corrected chi connectivity index (χ3v) is 5.26. The quantitative estimate of drug-likeness (QED) is 0.598. The van der Waals surface area contributed by atoms with Crippen molar-refractivity contribution in [1.29, 1.82) is 0 Å². The number of rotatable bonds is 9. The van der Waals surface area contributed by atoms with Crippen molar-refractivity contribution in [3.05, 3.63) is 65.5 Å². The van der Waals surface area contributed by atoms with Crippen LogP contribution in [0.5, 0.6) is 0 Å². The maximum Gasteiger partial charge on any atom is 0.326 e. The second kappa shape index (κ2) is 10.0. The van der Waals surface area contributed by atoms with Gasteiger partial charge in [-0.25, -0.2) is 4.79 Å². The summed E-state index contributed by atoms with van der Waals surface area (Å²) in [5, 5.41) is 0. The lowest BCUT2D eigenvalue weighted by atomic mass is 10.1. The summed E-state index contributed by atoms with van der Waals surface area (Å²) in [7, 11) is 1.60. The van der Waals surface area contributed by atoms with E-state index >= 15 is 0 Å². The molecular weight excluding hydrogens is 380 g/mol. The van der Waals surface area contributed by atoms with E-state index in [0.29, 0.717) is 19.5 Å². The Morgan fingerprint density at radius 2 is 1.77 bits per heavy atom. The molecule has 1 fully saturated rings. The van der Waals surface area contributed by atoms with Gasteiger partial charge >= 0.3 is 6.03 Å². The highest BCUT2D eigenvalue weighted by Crippen LogP contribution is 2.15. The molecule has 1 aliphatic rings. The van der Waals surface area contributed by atoms with E-state index in [4.69, 9.17) is 0 Å². The van der Waals surface area contributed by atoms with Crippen LogP contribution in [0.3, 0.4) is 0 Å². The molecule has 7 nitrogen and oxygen atoms in total. The highest BCUT2D eigenvalue weighted by atomic mass is 16.2. The van der Waals surface area contributed by atoms with Crippen LogP contribution in [0.15, 0.2) is 48.8 Å². The lowest BCUT2D eigenvalue weighted by Crippen LogP contribution is -2.34. The van der Waals surface area contributed by atoms with Gasteiger partial charge in [0.1, 0.15) is 6.54 Å². The molecule has 0 unspecified atom stereocenters. The number of carbonyl (C=O) groups is 3. The lowest BCUT2D eigenvalue weighted by Gasteiger charge is -2.24. The molecule has 3 rings (SSSR count). The second-order valence-electron chi connectivity index (χ2n) is 7.57. The van der Waals surface area contributed by atoms with E-state index in [1.165, 1.54) is 15.4 Å². The smallest absolute Gasteiger partial charge is 0.326 e. The fraction of sp³-hybridized carbons (Fsp3) is 0.391. The van der Waals surface area contributed by atoms with Crippen molar-refractivity contribution in [2.75, 3.05) is 20.1 Å². The van der Waals surface area contributed by atoms with Crippen LogP contribution in [0, 0.1) is 0 Å². The van der Waals surface area contributed by atoms with Gasteiger partial charge in [0.15, 0.2) is 0 Å². The monoisotopic (exact) mass is 408 g/mol. The first-order chi connectivity index (χ1) is 14.5. The minimum Gasteiger partial charge on any atom is -0.334 e. The standard InChI is InChI=1S/C23H28N4O3/c1-3-18-8-10-19(11-9-18)15-26(16-20-6-4-12-24-14-20)21(28)7-5-13-27-22(29)17-25(2)23(27)30/h4,6,8-12,14H,3,5,7,13,15-17H2,1-2H3. The highest BCUT2D eigenvalue weighted by molar-refractivity contribution is 6.01. The van der Waals surface area contributed by atoms with Crippen molar-refractivity contribution >= 4 is 17.8 Å². The Kier molecular flexibility index (Phi) is 7.17. The van der Waals surface area contributed by atoms with Crippen LogP contribution < -0.4 is 0 Å². The Labute approximate surface area is 177 Å². The number of benzene rings is 1. The average molecular weight is 409 g/mol. The maximum absolute atomic E-state index is 13.0. The van der Waals surface area contributed by atoms with Crippen LogP contribution in [0.25, 0.3) is 0 Å². The summed E-state index contributed by atoms with van der Waals surface area (Å²) >= 11 is 0. The number of aryl methyl sites for hydroxylation is 1. The van der Waals surface area contributed by atoms with Gasteiger partial charge < -0.3 is 9.80 Å². The fourth-order valence-corrected chi connectivity index (χ4v) is 3.48. The molecule has 2 heterocycles. The Balaban J connectivity index is 1.63. The van der Waals surface area contributed by atoms with Crippen LogP contribution in [0.2, 0.25) is 0 Å². The zero-order valence-electron chi connectivity index (χ0n) is 17.6. The van der Waals surface area contributed by atoms with Gasteiger partial charge in [-0.05, 0) is 35.6 Å². The van der Waals surface area contributed by atoms with Crippen LogP contribution in [-0.2, 0) is 29.1 Å². The van der Waals surface area contributed by atoms with Crippen molar-refractivity contribution in [2.24, 2.45) is 0 Å². The molecule has 0 spiro atoms. The number of hydrogen-bond acceptors (Lipinski definition) is 4. The Hall–Kier alpha value is -3.22. The molecule has 0 aliphatic carbocycles. The van der Waals surface area contributed by atoms with Gasteiger partial charge in [-0.2, -0.15) is 0 Å². The molecule has 1 aliphatic heterocycles. The molecule has 0 atom stereocenters. The molecule has 1 aromatic carbocycles. The molecule has 1 saturated heterocycles. The Bertz CT molecular complexity index is 883.